The van der Waals surface area contributed by atoms with E-state index in [2.05, 4.69) is 22.1 Å². The highest BCUT2D eigenvalue weighted by molar-refractivity contribution is 5.95. The van der Waals surface area contributed by atoms with Crippen molar-refractivity contribution in [1.82, 2.24) is 9.97 Å². The quantitative estimate of drug-likeness (QED) is 0.690. The SMILES string of the molecule is COc1ccc(-c2cnc3c(c2)C=Cc2ccccc2N(C(C)=O)C3)cn1. The van der Waals surface area contributed by atoms with Crippen LogP contribution in [0.5, 0.6) is 5.88 Å². The summed E-state index contributed by atoms with van der Waals surface area (Å²) in [4.78, 5) is 22.9. The number of hydrogen-bond acceptors (Lipinski definition) is 4. The van der Waals surface area contributed by atoms with Crippen LogP contribution in [0.3, 0.4) is 0 Å². The van der Waals surface area contributed by atoms with E-state index in [1.165, 1.54) is 0 Å². The Bertz CT molecular complexity index is 1030. The number of fused-ring (bicyclic) bond motifs is 2. The second kappa shape index (κ2) is 7.03. The number of rotatable bonds is 2. The van der Waals surface area contributed by atoms with Gasteiger partial charge in [-0.2, -0.15) is 0 Å². The van der Waals surface area contributed by atoms with Gasteiger partial charge >= 0.3 is 0 Å². The number of carbonyl (C=O) groups excluding carboxylic acids is 1. The molecule has 134 valence electrons. The molecule has 1 amide bonds. The van der Waals surface area contributed by atoms with E-state index in [4.69, 9.17) is 4.74 Å². The number of methoxy groups -OCH3 is 1. The summed E-state index contributed by atoms with van der Waals surface area (Å²) in [5.41, 5.74) is 5.69. The van der Waals surface area contributed by atoms with E-state index >= 15 is 0 Å². The lowest BCUT2D eigenvalue weighted by Gasteiger charge is -2.25. The van der Waals surface area contributed by atoms with Crippen molar-refractivity contribution in [2.45, 2.75) is 13.5 Å². The molecule has 0 atom stereocenters. The van der Waals surface area contributed by atoms with Crippen LogP contribution in [0.4, 0.5) is 5.69 Å². The Hall–Kier alpha value is -3.47. The van der Waals surface area contributed by atoms with Gasteiger partial charge in [-0.05, 0) is 29.3 Å². The van der Waals surface area contributed by atoms with Gasteiger partial charge in [0.25, 0.3) is 0 Å². The van der Waals surface area contributed by atoms with E-state index in [-0.39, 0.29) is 5.91 Å². The number of para-hydroxylation sites is 1. The maximum absolute atomic E-state index is 12.2. The second-order valence-electron chi connectivity index (χ2n) is 6.35. The second-order valence-corrected chi connectivity index (χ2v) is 6.35. The number of hydrogen-bond donors (Lipinski definition) is 0. The number of aromatic nitrogens is 2. The molecule has 27 heavy (non-hydrogen) atoms. The summed E-state index contributed by atoms with van der Waals surface area (Å²) in [6.07, 6.45) is 7.67. The van der Waals surface area contributed by atoms with Crippen molar-refractivity contribution in [1.29, 1.82) is 0 Å². The van der Waals surface area contributed by atoms with Gasteiger partial charge in [0.05, 0.1) is 25.0 Å². The summed E-state index contributed by atoms with van der Waals surface area (Å²) in [5, 5.41) is 0. The van der Waals surface area contributed by atoms with Crippen molar-refractivity contribution in [3.05, 3.63) is 71.7 Å². The average molecular weight is 357 g/mol. The van der Waals surface area contributed by atoms with Crippen LogP contribution in [-0.2, 0) is 11.3 Å². The molecule has 5 heteroatoms. The van der Waals surface area contributed by atoms with Crippen LogP contribution in [0.15, 0.2) is 54.9 Å². The number of nitrogens with zero attached hydrogens (tertiary/aromatic N) is 3. The molecule has 0 unspecified atom stereocenters. The monoisotopic (exact) mass is 357 g/mol. The molecule has 4 rings (SSSR count). The number of pyridine rings is 2. The maximum Gasteiger partial charge on any atom is 0.224 e. The lowest BCUT2D eigenvalue weighted by Crippen LogP contribution is -2.29. The fraction of sp³-hybridized carbons (Fsp3) is 0.136. The Morgan fingerprint density at radius 3 is 2.52 bits per heavy atom. The number of amides is 1. The molecule has 2 aromatic heterocycles. The van der Waals surface area contributed by atoms with Crippen LogP contribution < -0.4 is 9.64 Å². The normalized spacial score (nSPS) is 12.6. The van der Waals surface area contributed by atoms with E-state index in [1.807, 2.05) is 48.7 Å². The molecule has 5 nitrogen and oxygen atoms in total. The van der Waals surface area contributed by atoms with Gasteiger partial charge in [0, 0.05) is 36.5 Å². The Kier molecular flexibility index (Phi) is 4.42. The highest BCUT2D eigenvalue weighted by atomic mass is 16.5. The van der Waals surface area contributed by atoms with Gasteiger partial charge in [-0.15, -0.1) is 0 Å². The summed E-state index contributed by atoms with van der Waals surface area (Å²) in [6, 6.07) is 13.8. The Morgan fingerprint density at radius 2 is 1.78 bits per heavy atom. The van der Waals surface area contributed by atoms with E-state index in [0.717, 1.165) is 33.6 Å². The number of benzene rings is 1. The first-order chi connectivity index (χ1) is 13.2. The molecule has 0 N–H and O–H groups in total. The van der Waals surface area contributed by atoms with Crippen LogP contribution >= 0.6 is 0 Å². The molecule has 0 fully saturated rings. The zero-order valence-electron chi connectivity index (χ0n) is 15.2. The van der Waals surface area contributed by atoms with Crippen molar-refractivity contribution >= 4 is 23.7 Å². The molecule has 0 bridgehead atoms. The fourth-order valence-corrected chi connectivity index (χ4v) is 3.19. The summed E-state index contributed by atoms with van der Waals surface area (Å²) < 4.78 is 5.12. The zero-order valence-corrected chi connectivity index (χ0v) is 15.2. The van der Waals surface area contributed by atoms with Gasteiger partial charge in [0.15, 0.2) is 0 Å². The van der Waals surface area contributed by atoms with E-state index in [9.17, 15) is 4.79 Å². The smallest absolute Gasteiger partial charge is 0.224 e. The molecule has 0 aliphatic carbocycles. The molecule has 1 aromatic carbocycles. The van der Waals surface area contributed by atoms with Crippen molar-refractivity contribution < 1.29 is 9.53 Å². The van der Waals surface area contributed by atoms with Gasteiger partial charge in [-0.3, -0.25) is 9.78 Å². The standard InChI is InChI=1S/C22H19N3O2/c1-15(26)25-14-20-17(8-7-16-5-3-4-6-21(16)25)11-19(13-23-20)18-9-10-22(27-2)24-12-18/h3-13H,14H2,1-2H3. The summed E-state index contributed by atoms with van der Waals surface area (Å²) in [7, 11) is 1.60. The van der Waals surface area contributed by atoms with Crippen molar-refractivity contribution in [2.75, 3.05) is 12.0 Å². The minimum absolute atomic E-state index is 0.00562. The average Bonchev–Trinajstić information content (AvgIpc) is 2.69. The van der Waals surface area contributed by atoms with Gasteiger partial charge in [-0.25, -0.2) is 4.98 Å². The highest BCUT2D eigenvalue weighted by Crippen LogP contribution is 2.30. The van der Waals surface area contributed by atoms with Crippen molar-refractivity contribution in [3.8, 4) is 17.0 Å². The number of ether oxygens (including phenoxy) is 1. The van der Waals surface area contributed by atoms with Crippen LogP contribution in [-0.4, -0.2) is 23.0 Å². The topological polar surface area (TPSA) is 55.3 Å². The lowest BCUT2D eigenvalue weighted by molar-refractivity contribution is -0.116. The van der Waals surface area contributed by atoms with Crippen LogP contribution in [0.1, 0.15) is 23.7 Å². The van der Waals surface area contributed by atoms with Gasteiger partial charge in [0.1, 0.15) is 0 Å². The molecule has 0 radical (unpaired) electrons. The van der Waals surface area contributed by atoms with E-state index in [0.29, 0.717) is 12.4 Å². The van der Waals surface area contributed by atoms with Crippen molar-refractivity contribution in [2.24, 2.45) is 0 Å². The summed E-state index contributed by atoms with van der Waals surface area (Å²) in [6.45, 7) is 2.02. The lowest BCUT2D eigenvalue weighted by atomic mass is 10.0. The number of anilines is 1. The van der Waals surface area contributed by atoms with Gasteiger partial charge < -0.3 is 9.64 Å². The van der Waals surface area contributed by atoms with Gasteiger partial charge in [0.2, 0.25) is 11.8 Å². The molecular formula is C22H19N3O2. The molecule has 0 saturated carbocycles. The third-order valence-electron chi connectivity index (χ3n) is 4.64. The maximum atomic E-state index is 12.2. The van der Waals surface area contributed by atoms with Crippen LogP contribution in [0.25, 0.3) is 23.3 Å². The molecule has 0 spiro atoms. The predicted molar refractivity (Wildman–Crippen MR) is 106 cm³/mol. The molecule has 3 heterocycles. The fourth-order valence-electron chi connectivity index (χ4n) is 3.19. The molecule has 3 aromatic rings. The summed E-state index contributed by atoms with van der Waals surface area (Å²) >= 11 is 0. The third-order valence-corrected chi connectivity index (χ3v) is 4.64. The highest BCUT2D eigenvalue weighted by Gasteiger charge is 2.19. The first kappa shape index (κ1) is 17.0. The zero-order chi connectivity index (χ0) is 18.8. The van der Waals surface area contributed by atoms with Gasteiger partial charge in [-0.1, -0.05) is 30.4 Å². The minimum atomic E-state index is -0.00562. The van der Waals surface area contributed by atoms with E-state index < -0.39 is 0 Å². The third kappa shape index (κ3) is 3.31. The first-order valence-electron chi connectivity index (χ1n) is 8.70. The summed E-state index contributed by atoms with van der Waals surface area (Å²) in [5.74, 6) is 0.570. The van der Waals surface area contributed by atoms with Crippen LogP contribution in [0.2, 0.25) is 0 Å². The van der Waals surface area contributed by atoms with Crippen molar-refractivity contribution in [3.63, 3.8) is 0 Å². The van der Waals surface area contributed by atoms with E-state index in [1.54, 1.807) is 25.1 Å². The largest absolute Gasteiger partial charge is 0.481 e. The molecular weight excluding hydrogens is 338 g/mol. The van der Waals surface area contributed by atoms with Crippen LogP contribution in [0, 0.1) is 0 Å². The molecule has 1 aliphatic heterocycles. The Balaban J connectivity index is 1.78. The molecule has 0 saturated heterocycles. The minimum Gasteiger partial charge on any atom is -0.481 e. The first-order valence-corrected chi connectivity index (χ1v) is 8.70. The predicted octanol–water partition coefficient (Wildman–Crippen LogP) is 4.19. The molecule has 1 aliphatic rings. The number of carbonyl (C=O) groups is 1. The Morgan fingerprint density at radius 1 is 1.00 bits per heavy atom. The Labute approximate surface area is 158 Å².